The lowest BCUT2D eigenvalue weighted by molar-refractivity contribution is -0.136. The van der Waals surface area contributed by atoms with Crippen LogP contribution in [0.4, 0.5) is 0 Å². The third-order valence-electron chi connectivity index (χ3n) is 3.24. The molecule has 1 atom stereocenters. The van der Waals surface area contributed by atoms with E-state index < -0.39 is 5.97 Å². The van der Waals surface area contributed by atoms with Crippen LogP contribution in [0.2, 0.25) is 0 Å². The van der Waals surface area contributed by atoms with Crippen molar-refractivity contribution in [1.29, 1.82) is 0 Å². The van der Waals surface area contributed by atoms with Gasteiger partial charge in [-0.05, 0) is 36.8 Å². The van der Waals surface area contributed by atoms with Crippen LogP contribution in [-0.2, 0) is 17.8 Å². The third-order valence-corrected chi connectivity index (χ3v) is 4.33. The van der Waals surface area contributed by atoms with E-state index in [1.54, 1.807) is 18.4 Å². The molecule has 0 spiro atoms. The summed E-state index contributed by atoms with van der Waals surface area (Å²) >= 11 is 1.54. The van der Waals surface area contributed by atoms with Gasteiger partial charge in [0.15, 0.2) is 0 Å². The first kappa shape index (κ1) is 15.5. The van der Waals surface area contributed by atoms with E-state index in [2.05, 4.69) is 12.2 Å². The molecule has 0 saturated heterocycles. The van der Waals surface area contributed by atoms with Crippen molar-refractivity contribution in [3.05, 3.63) is 51.7 Å². The van der Waals surface area contributed by atoms with Gasteiger partial charge in [0.05, 0.1) is 13.5 Å². The summed E-state index contributed by atoms with van der Waals surface area (Å²) in [6.45, 7) is 2.84. The summed E-state index contributed by atoms with van der Waals surface area (Å²) in [5.41, 5.74) is 1.19. The smallest absolute Gasteiger partial charge is 0.308 e. The lowest BCUT2D eigenvalue weighted by atomic mass is 10.1. The molecule has 0 unspecified atom stereocenters. The number of thiophene rings is 1. The Morgan fingerprint density at radius 2 is 1.90 bits per heavy atom. The number of carboxylic acids is 1. The van der Waals surface area contributed by atoms with E-state index in [1.165, 1.54) is 5.56 Å². The fourth-order valence-electron chi connectivity index (χ4n) is 2.03. The summed E-state index contributed by atoms with van der Waals surface area (Å²) in [6, 6.07) is 12.1. The zero-order valence-electron chi connectivity index (χ0n) is 12.1. The highest BCUT2D eigenvalue weighted by Crippen LogP contribution is 2.20. The molecule has 0 bridgehead atoms. The molecule has 0 saturated carbocycles. The predicted octanol–water partition coefficient (Wildman–Crippen LogP) is 3.23. The second-order valence-electron chi connectivity index (χ2n) is 4.81. The largest absolute Gasteiger partial charge is 0.497 e. The maximum Gasteiger partial charge on any atom is 0.308 e. The number of aliphatic carboxylic acids is 1. The van der Waals surface area contributed by atoms with Crippen molar-refractivity contribution >= 4 is 17.3 Å². The quantitative estimate of drug-likeness (QED) is 0.824. The first-order valence-electron chi connectivity index (χ1n) is 6.75. The zero-order chi connectivity index (χ0) is 15.2. The van der Waals surface area contributed by atoms with Gasteiger partial charge in [-0.3, -0.25) is 4.79 Å². The van der Waals surface area contributed by atoms with Gasteiger partial charge in [-0.15, -0.1) is 11.3 Å². The summed E-state index contributed by atoms with van der Waals surface area (Å²) in [7, 11) is 1.65. The van der Waals surface area contributed by atoms with Crippen molar-refractivity contribution in [2.75, 3.05) is 7.11 Å². The molecule has 4 nitrogen and oxygen atoms in total. The van der Waals surface area contributed by atoms with E-state index in [0.29, 0.717) is 0 Å². The topological polar surface area (TPSA) is 58.6 Å². The highest BCUT2D eigenvalue weighted by Gasteiger charge is 2.08. The van der Waals surface area contributed by atoms with Crippen LogP contribution in [0, 0.1) is 0 Å². The predicted molar refractivity (Wildman–Crippen MR) is 83.9 cm³/mol. The van der Waals surface area contributed by atoms with Crippen molar-refractivity contribution in [3.8, 4) is 5.75 Å². The molecule has 2 aromatic rings. The number of benzene rings is 1. The van der Waals surface area contributed by atoms with Gasteiger partial charge in [-0.1, -0.05) is 12.1 Å². The number of rotatable bonds is 7. The van der Waals surface area contributed by atoms with E-state index >= 15 is 0 Å². The number of nitrogens with one attached hydrogen (secondary N) is 1. The second-order valence-corrected chi connectivity index (χ2v) is 6.07. The molecular weight excluding hydrogens is 286 g/mol. The first-order chi connectivity index (χ1) is 10.1. The van der Waals surface area contributed by atoms with E-state index in [0.717, 1.165) is 22.0 Å². The van der Waals surface area contributed by atoms with Crippen LogP contribution in [0.25, 0.3) is 0 Å². The van der Waals surface area contributed by atoms with E-state index in [1.807, 2.05) is 36.4 Å². The van der Waals surface area contributed by atoms with Gasteiger partial charge in [0.2, 0.25) is 0 Å². The van der Waals surface area contributed by atoms with Gasteiger partial charge in [-0.25, -0.2) is 0 Å². The number of carboxylic acid groups (broad SMARTS) is 1. The van der Waals surface area contributed by atoms with Crippen molar-refractivity contribution in [1.82, 2.24) is 5.32 Å². The van der Waals surface area contributed by atoms with Crippen LogP contribution >= 0.6 is 11.3 Å². The number of hydrogen-bond acceptors (Lipinski definition) is 4. The molecule has 1 heterocycles. The van der Waals surface area contributed by atoms with Crippen LogP contribution in [0.5, 0.6) is 5.75 Å². The molecule has 1 aromatic heterocycles. The normalized spacial score (nSPS) is 12.1. The average Bonchev–Trinajstić information content (AvgIpc) is 2.91. The summed E-state index contributed by atoms with van der Waals surface area (Å²) in [5.74, 6) is 0.0606. The lowest BCUT2D eigenvalue weighted by Crippen LogP contribution is -2.17. The highest BCUT2D eigenvalue weighted by atomic mass is 32.1. The fourth-order valence-corrected chi connectivity index (χ4v) is 2.99. The molecule has 0 aliphatic heterocycles. The summed E-state index contributed by atoms with van der Waals surface area (Å²) < 4.78 is 5.15. The minimum atomic E-state index is -0.789. The SMILES string of the molecule is COc1ccc([C@H](C)NCc2ccc(CC(=O)O)s2)cc1. The monoisotopic (exact) mass is 305 g/mol. The van der Waals surface area contributed by atoms with Gasteiger partial charge < -0.3 is 15.2 Å². The van der Waals surface area contributed by atoms with E-state index in [4.69, 9.17) is 9.84 Å². The van der Waals surface area contributed by atoms with Crippen molar-refractivity contribution in [3.63, 3.8) is 0 Å². The lowest BCUT2D eigenvalue weighted by Gasteiger charge is -2.14. The molecule has 0 radical (unpaired) electrons. The molecule has 112 valence electrons. The summed E-state index contributed by atoms with van der Waals surface area (Å²) in [5, 5.41) is 12.2. The Morgan fingerprint density at radius 3 is 2.52 bits per heavy atom. The Bertz CT molecular complexity index is 592. The van der Waals surface area contributed by atoms with Gasteiger partial charge in [0.1, 0.15) is 5.75 Å². The van der Waals surface area contributed by atoms with Crippen LogP contribution < -0.4 is 10.1 Å². The van der Waals surface area contributed by atoms with Crippen LogP contribution in [0.3, 0.4) is 0 Å². The van der Waals surface area contributed by atoms with Gasteiger partial charge in [0, 0.05) is 22.3 Å². The van der Waals surface area contributed by atoms with Crippen molar-refractivity contribution in [2.24, 2.45) is 0 Å². The van der Waals surface area contributed by atoms with Gasteiger partial charge in [0.25, 0.3) is 0 Å². The highest BCUT2D eigenvalue weighted by molar-refractivity contribution is 7.12. The minimum Gasteiger partial charge on any atom is -0.497 e. The van der Waals surface area contributed by atoms with Gasteiger partial charge in [-0.2, -0.15) is 0 Å². The number of hydrogen-bond donors (Lipinski definition) is 2. The number of methoxy groups -OCH3 is 1. The minimum absolute atomic E-state index is 0.0959. The standard InChI is InChI=1S/C16H19NO3S/c1-11(12-3-5-13(20-2)6-4-12)17-10-15-8-7-14(21-15)9-16(18)19/h3-8,11,17H,9-10H2,1-2H3,(H,18,19)/t11-/m0/s1. The van der Waals surface area contributed by atoms with Crippen molar-refractivity contribution in [2.45, 2.75) is 25.9 Å². The average molecular weight is 305 g/mol. The second kappa shape index (κ2) is 7.24. The molecule has 5 heteroatoms. The van der Waals surface area contributed by atoms with Crippen molar-refractivity contribution < 1.29 is 14.6 Å². The summed E-state index contributed by atoms with van der Waals surface area (Å²) in [4.78, 5) is 12.7. The van der Waals surface area contributed by atoms with Crippen LogP contribution in [0.15, 0.2) is 36.4 Å². The van der Waals surface area contributed by atoms with Crippen LogP contribution in [0.1, 0.15) is 28.3 Å². The number of ether oxygens (including phenoxy) is 1. The molecule has 1 aromatic carbocycles. The maximum absolute atomic E-state index is 10.7. The third kappa shape index (κ3) is 4.58. The number of carbonyl (C=O) groups is 1. The van der Waals surface area contributed by atoms with Crippen LogP contribution in [-0.4, -0.2) is 18.2 Å². The first-order valence-corrected chi connectivity index (χ1v) is 7.57. The molecule has 2 rings (SSSR count). The molecule has 21 heavy (non-hydrogen) atoms. The fraction of sp³-hybridized carbons (Fsp3) is 0.312. The molecule has 0 amide bonds. The molecule has 0 aliphatic rings. The van der Waals surface area contributed by atoms with Gasteiger partial charge >= 0.3 is 5.97 Å². The van der Waals surface area contributed by atoms with E-state index in [-0.39, 0.29) is 12.5 Å². The molecule has 0 fully saturated rings. The summed E-state index contributed by atoms with van der Waals surface area (Å²) in [6.07, 6.45) is 0.0959. The van der Waals surface area contributed by atoms with E-state index in [9.17, 15) is 4.79 Å². The molecular formula is C16H19NO3S. The Morgan fingerprint density at radius 1 is 1.24 bits per heavy atom. The zero-order valence-corrected chi connectivity index (χ0v) is 12.9. The molecule has 2 N–H and O–H groups in total. The molecule has 0 aliphatic carbocycles. The Balaban J connectivity index is 1.89. The Labute approximate surface area is 128 Å². The maximum atomic E-state index is 10.7. The Kier molecular flexibility index (Phi) is 5.36. The Hall–Kier alpha value is -1.85.